The van der Waals surface area contributed by atoms with Gasteiger partial charge in [0.1, 0.15) is 0 Å². The minimum atomic E-state index is -0.969. The van der Waals surface area contributed by atoms with Crippen LogP contribution in [-0.4, -0.2) is 31.6 Å². The van der Waals surface area contributed by atoms with E-state index in [1.807, 2.05) is 13.8 Å². The first kappa shape index (κ1) is 14.3. The van der Waals surface area contributed by atoms with Gasteiger partial charge in [-0.05, 0) is 23.8 Å². The normalized spacial score (nSPS) is 14.4. The van der Waals surface area contributed by atoms with Crippen molar-refractivity contribution in [2.75, 3.05) is 11.9 Å². The van der Waals surface area contributed by atoms with Gasteiger partial charge in [-0.3, -0.25) is 0 Å². The number of aliphatic hydroxyl groups is 1. The zero-order valence-electron chi connectivity index (χ0n) is 11.7. The second kappa shape index (κ2) is 5.09. The minimum absolute atomic E-state index is 0.0195. The molecule has 0 saturated carbocycles. The molecule has 20 heavy (non-hydrogen) atoms. The number of imidazole rings is 1. The Morgan fingerprint density at radius 2 is 2.25 bits per heavy atom. The zero-order valence-corrected chi connectivity index (χ0v) is 11.7. The molecule has 0 radical (unpaired) electrons. The number of rotatable bonds is 5. The molecule has 108 valence electrons. The second-order valence-corrected chi connectivity index (χ2v) is 5.34. The van der Waals surface area contributed by atoms with Gasteiger partial charge in [-0.15, -0.1) is 0 Å². The molecular weight excluding hydrogens is 260 g/mol. The molecule has 2 N–H and O–H groups in total. The Morgan fingerprint density at radius 1 is 1.55 bits per heavy atom. The molecule has 0 aromatic carbocycles. The molecule has 0 aliphatic rings. The number of nitrogens with zero attached hydrogens (tertiary/aromatic N) is 3. The summed E-state index contributed by atoms with van der Waals surface area (Å²) in [6.07, 6.45) is 1.59. The van der Waals surface area contributed by atoms with Gasteiger partial charge in [-0.2, -0.15) is 9.38 Å². The predicted molar refractivity (Wildman–Crippen MR) is 75.8 cm³/mol. The van der Waals surface area contributed by atoms with Crippen molar-refractivity contribution in [3.63, 3.8) is 0 Å². The molecule has 0 fully saturated rings. The van der Waals surface area contributed by atoms with Gasteiger partial charge in [0.25, 0.3) is 0 Å². The summed E-state index contributed by atoms with van der Waals surface area (Å²) in [5.74, 6) is 0.0633. The van der Waals surface area contributed by atoms with Gasteiger partial charge >= 0.3 is 5.82 Å². The molecule has 1 atom stereocenters. The zero-order chi connectivity index (χ0) is 14.9. The van der Waals surface area contributed by atoms with Crippen LogP contribution in [0.1, 0.15) is 20.8 Å². The van der Waals surface area contributed by atoms with Crippen LogP contribution in [0.25, 0.3) is 5.65 Å². The fourth-order valence-electron chi connectivity index (χ4n) is 1.74. The SMILES string of the molecule is CC(C)C(C)(O)CNc1nc2ccccn2c1[N+](=O)[O-]. The van der Waals surface area contributed by atoms with E-state index in [1.165, 1.54) is 4.40 Å². The van der Waals surface area contributed by atoms with Crippen LogP contribution in [0, 0.1) is 16.0 Å². The van der Waals surface area contributed by atoms with E-state index in [1.54, 1.807) is 31.3 Å². The lowest BCUT2D eigenvalue weighted by Crippen LogP contribution is -2.38. The van der Waals surface area contributed by atoms with Crippen LogP contribution in [0.4, 0.5) is 11.6 Å². The summed E-state index contributed by atoms with van der Waals surface area (Å²) in [4.78, 5) is 14.9. The third-order valence-corrected chi connectivity index (χ3v) is 3.54. The van der Waals surface area contributed by atoms with Crippen molar-refractivity contribution in [1.29, 1.82) is 0 Å². The molecule has 7 heteroatoms. The number of pyridine rings is 1. The molecule has 2 rings (SSSR count). The van der Waals surface area contributed by atoms with E-state index in [2.05, 4.69) is 10.3 Å². The molecule has 1 unspecified atom stereocenters. The average Bonchev–Trinajstić information content (AvgIpc) is 2.74. The average molecular weight is 278 g/mol. The van der Waals surface area contributed by atoms with Crippen molar-refractivity contribution in [3.8, 4) is 0 Å². The molecule has 2 aromatic rings. The van der Waals surface area contributed by atoms with Crippen molar-refractivity contribution in [2.24, 2.45) is 5.92 Å². The molecular formula is C13H18N4O3. The van der Waals surface area contributed by atoms with Gasteiger partial charge in [-0.1, -0.05) is 19.9 Å². The highest BCUT2D eigenvalue weighted by atomic mass is 16.6. The Bertz CT molecular complexity index is 634. The van der Waals surface area contributed by atoms with Gasteiger partial charge < -0.3 is 20.5 Å². The molecule has 0 aliphatic carbocycles. The van der Waals surface area contributed by atoms with Crippen LogP contribution >= 0.6 is 0 Å². The monoisotopic (exact) mass is 278 g/mol. The fourth-order valence-corrected chi connectivity index (χ4v) is 1.74. The van der Waals surface area contributed by atoms with E-state index in [0.29, 0.717) is 5.65 Å². The maximum absolute atomic E-state index is 11.2. The van der Waals surface area contributed by atoms with Crippen molar-refractivity contribution in [3.05, 3.63) is 34.5 Å². The number of hydrogen-bond donors (Lipinski definition) is 2. The molecule has 2 heterocycles. The Kier molecular flexibility index (Phi) is 3.63. The van der Waals surface area contributed by atoms with Crippen LogP contribution in [-0.2, 0) is 0 Å². The Hall–Kier alpha value is -2.15. The summed E-state index contributed by atoms with van der Waals surface area (Å²) in [6.45, 7) is 5.65. The molecule has 0 amide bonds. The van der Waals surface area contributed by atoms with Gasteiger partial charge in [0, 0.05) is 12.6 Å². The molecule has 0 bridgehead atoms. The number of nitro groups is 1. The Labute approximate surface area is 116 Å². The highest BCUT2D eigenvalue weighted by molar-refractivity contribution is 5.62. The molecule has 0 spiro atoms. The van der Waals surface area contributed by atoms with Crippen LogP contribution < -0.4 is 5.32 Å². The molecule has 0 aliphatic heterocycles. The first-order valence-electron chi connectivity index (χ1n) is 6.40. The lowest BCUT2D eigenvalue weighted by atomic mass is 9.93. The molecule has 0 saturated heterocycles. The van der Waals surface area contributed by atoms with E-state index >= 15 is 0 Å². The maximum Gasteiger partial charge on any atom is 0.372 e. The highest BCUT2D eigenvalue weighted by Gasteiger charge is 2.28. The summed E-state index contributed by atoms with van der Waals surface area (Å²) in [7, 11) is 0. The summed E-state index contributed by atoms with van der Waals surface area (Å²) < 4.78 is 1.41. The van der Waals surface area contributed by atoms with E-state index in [4.69, 9.17) is 0 Å². The standard InChI is InChI=1S/C13H18N4O3/c1-9(2)13(3,18)8-14-11-12(17(19)20)16-7-5-4-6-10(16)15-11/h4-7,9,14,18H,8H2,1-3H3. The second-order valence-electron chi connectivity index (χ2n) is 5.34. The lowest BCUT2D eigenvalue weighted by Gasteiger charge is -2.27. The number of fused-ring (bicyclic) bond motifs is 1. The largest absolute Gasteiger partial charge is 0.388 e. The number of aromatic nitrogens is 2. The lowest BCUT2D eigenvalue weighted by molar-refractivity contribution is -0.389. The first-order valence-corrected chi connectivity index (χ1v) is 6.40. The van der Waals surface area contributed by atoms with Crippen molar-refractivity contribution in [1.82, 2.24) is 9.38 Å². The first-order chi connectivity index (χ1) is 9.33. The van der Waals surface area contributed by atoms with E-state index in [0.717, 1.165) is 0 Å². The number of hydrogen-bond acceptors (Lipinski definition) is 5. The summed E-state index contributed by atoms with van der Waals surface area (Å²) in [6, 6.07) is 5.16. The van der Waals surface area contributed by atoms with Crippen LogP contribution in [0.3, 0.4) is 0 Å². The van der Waals surface area contributed by atoms with Crippen molar-refractivity contribution < 1.29 is 10.0 Å². The van der Waals surface area contributed by atoms with Gasteiger partial charge in [0.05, 0.1) is 11.8 Å². The van der Waals surface area contributed by atoms with Gasteiger partial charge in [0.2, 0.25) is 11.5 Å². The van der Waals surface area contributed by atoms with E-state index in [-0.39, 0.29) is 24.1 Å². The van der Waals surface area contributed by atoms with Gasteiger partial charge in [0.15, 0.2) is 0 Å². The number of nitrogens with one attached hydrogen (secondary N) is 1. The Balaban J connectivity index is 2.35. The number of anilines is 1. The molecule has 2 aromatic heterocycles. The van der Waals surface area contributed by atoms with E-state index < -0.39 is 10.5 Å². The van der Waals surface area contributed by atoms with Crippen LogP contribution in [0.2, 0.25) is 0 Å². The fraction of sp³-hybridized carbons (Fsp3) is 0.462. The summed E-state index contributed by atoms with van der Waals surface area (Å²) >= 11 is 0. The third-order valence-electron chi connectivity index (χ3n) is 3.54. The minimum Gasteiger partial charge on any atom is -0.388 e. The van der Waals surface area contributed by atoms with Crippen LogP contribution in [0.5, 0.6) is 0 Å². The maximum atomic E-state index is 11.2. The summed E-state index contributed by atoms with van der Waals surface area (Å²) in [5, 5.41) is 24.3. The highest BCUT2D eigenvalue weighted by Crippen LogP contribution is 2.26. The van der Waals surface area contributed by atoms with Crippen molar-refractivity contribution >= 4 is 17.3 Å². The van der Waals surface area contributed by atoms with E-state index in [9.17, 15) is 15.2 Å². The smallest absolute Gasteiger partial charge is 0.372 e. The predicted octanol–water partition coefficient (Wildman–Crippen LogP) is 2.06. The third kappa shape index (κ3) is 2.57. The van der Waals surface area contributed by atoms with Crippen LogP contribution in [0.15, 0.2) is 24.4 Å². The molecule has 7 nitrogen and oxygen atoms in total. The Morgan fingerprint density at radius 3 is 2.85 bits per heavy atom. The quantitative estimate of drug-likeness (QED) is 0.645. The summed E-state index contributed by atoms with van der Waals surface area (Å²) in [5.41, 5.74) is -0.477. The topological polar surface area (TPSA) is 92.7 Å². The van der Waals surface area contributed by atoms with Crippen molar-refractivity contribution in [2.45, 2.75) is 26.4 Å². The van der Waals surface area contributed by atoms with Gasteiger partial charge in [-0.25, -0.2) is 0 Å².